The third-order valence-electron chi connectivity index (χ3n) is 4.44. The number of hydrogen-bond acceptors (Lipinski definition) is 4. The van der Waals surface area contributed by atoms with Crippen molar-refractivity contribution in [1.82, 2.24) is 4.98 Å². The smallest absolute Gasteiger partial charge is 0.308 e. The molecule has 1 N–H and O–H groups in total. The Labute approximate surface area is 113 Å². The van der Waals surface area contributed by atoms with Gasteiger partial charge in [0.05, 0.1) is 12.5 Å². The predicted octanol–water partition coefficient (Wildman–Crippen LogP) is 2.50. The normalized spacial score (nSPS) is 28.8. The molecule has 19 heavy (non-hydrogen) atoms. The molecule has 2 unspecified atom stereocenters. The number of nitrogens with one attached hydrogen (secondary N) is 1. The van der Waals surface area contributed by atoms with Crippen LogP contribution in [0.15, 0.2) is 18.3 Å². The molecule has 2 atom stereocenters. The molecule has 1 aliphatic heterocycles. The Balaban J connectivity index is 1.84. The molecule has 1 aromatic heterocycles. The van der Waals surface area contributed by atoms with Crippen LogP contribution in [0.4, 0.5) is 5.82 Å². The second-order valence-corrected chi connectivity index (χ2v) is 5.58. The average molecular weight is 260 g/mol. The van der Waals surface area contributed by atoms with Crippen LogP contribution in [-0.2, 0) is 14.9 Å². The molecule has 0 aromatic carbocycles. The summed E-state index contributed by atoms with van der Waals surface area (Å²) in [6.07, 6.45) is 5.87. The van der Waals surface area contributed by atoms with E-state index in [1.807, 2.05) is 19.2 Å². The number of hydrogen-bond donors (Lipinski definition) is 1. The van der Waals surface area contributed by atoms with Crippen molar-refractivity contribution in [2.24, 2.45) is 5.92 Å². The first-order valence-corrected chi connectivity index (χ1v) is 7.11. The highest BCUT2D eigenvalue weighted by Gasteiger charge is 2.45. The van der Waals surface area contributed by atoms with Gasteiger partial charge in [0.2, 0.25) is 0 Å². The molecule has 0 saturated heterocycles. The molecule has 4 heteroatoms. The lowest BCUT2D eigenvalue weighted by atomic mass is 9.67. The third-order valence-corrected chi connectivity index (χ3v) is 4.44. The van der Waals surface area contributed by atoms with Crippen LogP contribution in [0.1, 0.15) is 38.2 Å². The highest BCUT2D eigenvalue weighted by molar-refractivity contribution is 5.73. The van der Waals surface area contributed by atoms with Crippen molar-refractivity contribution in [3.63, 3.8) is 0 Å². The summed E-state index contributed by atoms with van der Waals surface area (Å²) in [6.45, 7) is 3.24. The topological polar surface area (TPSA) is 51.2 Å². The monoisotopic (exact) mass is 260 g/mol. The number of aromatic nitrogens is 1. The summed E-state index contributed by atoms with van der Waals surface area (Å²) in [7, 11) is 0. The maximum Gasteiger partial charge on any atom is 0.308 e. The zero-order valence-electron chi connectivity index (χ0n) is 11.3. The zero-order valence-corrected chi connectivity index (χ0v) is 11.3. The van der Waals surface area contributed by atoms with Gasteiger partial charge in [-0.1, -0.05) is 12.5 Å². The Hall–Kier alpha value is -1.58. The van der Waals surface area contributed by atoms with E-state index in [0.29, 0.717) is 6.61 Å². The molecule has 1 aromatic rings. The van der Waals surface area contributed by atoms with Gasteiger partial charge in [-0.2, -0.15) is 0 Å². The molecule has 0 radical (unpaired) electrons. The number of ether oxygens (including phenoxy) is 1. The maximum atomic E-state index is 12.0. The quantitative estimate of drug-likeness (QED) is 0.830. The first-order chi connectivity index (χ1) is 9.25. The minimum atomic E-state index is -0.0288. The fraction of sp³-hybridized carbons (Fsp3) is 0.600. The number of rotatable bonds is 2. The lowest BCUT2D eigenvalue weighted by molar-refractivity contribution is -0.149. The second-order valence-electron chi connectivity index (χ2n) is 5.58. The van der Waals surface area contributed by atoms with Gasteiger partial charge >= 0.3 is 5.97 Å². The molecule has 4 nitrogen and oxygen atoms in total. The summed E-state index contributed by atoms with van der Waals surface area (Å²) in [4.78, 5) is 16.4. The summed E-state index contributed by atoms with van der Waals surface area (Å²) in [5, 5.41) is 3.39. The first-order valence-electron chi connectivity index (χ1n) is 7.11. The van der Waals surface area contributed by atoms with E-state index in [0.717, 1.165) is 38.0 Å². The molecular formula is C15H20N2O2. The Bertz CT molecular complexity index is 485. The predicted molar refractivity (Wildman–Crippen MR) is 73.0 cm³/mol. The van der Waals surface area contributed by atoms with Gasteiger partial charge in [0.15, 0.2) is 0 Å². The van der Waals surface area contributed by atoms with E-state index in [-0.39, 0.29) is 17.3 Å². The Kier molecular flexibility index (Phi) is 3.17. The van der Waals surface area contributed by atoms with Crippen molar-refractivity contribution in [1.29, 1.82) is 0 Å². The van der Waals surface area contributed by atoms with Crippen LogP contribution in [0.5, 0.6) is 0 Å². The summed E-state index contributed by atoms with van der Waals surface area (Å²) in [5.74, 6) is 1.01. The summed E-state index contributed by atoms with van der Waals surface area (Å²) in [5.41, 5.74) is 1.36. The van der Waals surface area contributed by atoms with Crippen LogP contribution in [0.2, 0.25) is 0 Å². The number of nitrogens with zero attached hydrogens (tertiary/aromatic N) is 1. The van der Waals surface area contributed by atoms with Crippen LogP contribution < -0.4 is 5.32 Å². The highest BCUT2D eigenvalue weighted by atomic mass is 16.5. The molecule has 1 fully saturated rings. The molecule has 1 aliphatic carbocycles. The van der Waals surface area contributed by atoms with Gasteiger partial charge in [-0.05, 0) is 32.3 Å². The van der Waals surface area contributed by atoms with Crippen LogP contribution in [0.3, 0.4) is 0 Å². The van der Waals surface area contributed by atoms with Crippen molar-refractivity contribution in [2.75, 3.05) is 18.5 Å². The molecule has 1 saturated carbocycles. The fourth-order valence-electron chi connectivity index (χ4n) is 3.55. The van der Waals surface area contributed by atoms with Crippen molar-refractivity contribution >= 4 is 11.8 Å². The third kappa shape index (κ3) is 2.09. The van der Waals surface area contributed by atoms with Crippen LogP contribution >= 0.6 is 0 Å². The summed E-state index contributed by atoms with van der Waals surface area (Å²) in [6, 6.07) is 4.14. The Morgan fingerprint density at radius 3 is 3.37 bits per heavy atom. The van der Waals surface area contributed by atoms with Gasteiger partial charge in [-0.3, -0.25) is 4.79 Å². The summed E-state index contributed by atoms with van der Waals surface area (Å²) >= 11 is 0. The maximum absolute atomic E-state index is 12.0. The van der Waals surface area contributed by atoms with E-state index in [9.17, 15) is 4.79 Å². The number of esters is 1. The van der Waals surface area contributed by atoms with Crippen LogP contribution in [0.25, 0.3) is 0 Å². The van der Waals surface area contributed by atoms with Crippen molar-refractivity contribution in [3.05, 3.63) is 23.9 Å². The van der Waals surface area contributed by atoms with Gasteiger partial charge in [0.1, 0.15) is 5.82 Å². The minimum Gasteiger partial charge on any atom is -0.466 e. The standard InChI is InChI=1S/C15H20N2O2/c1-2-19-14(18)11-5-3-7-15(9-11)10-17-13-12(15)6-4-8-16-13/h4,6,8,11H,2-3,5,7,9-10H2,1H3,(H,16,17). The molecule has 102 valence electrons. The van der Waals surface area contributed by atoms with Gasteiger partial charge in [-0.25, -0.2) is 4.98 Å². The van der Waals surface area contributed by atoms with Crippen molar-refractivity contribution in [3.8, 4) is 0 Å². The molecule has 1 spiro atoms. The van der Waals surface area contributed by atoms with E-state index >= 15 is 0 Å². The molecule has 3 rings (SSSR count). The number of fused-ring (bicyclic) bond motifs is 2. The molecule has 0 bridgehead atoms. The molecule has 2 aliphatic rings. The van der Waals surface area contributed by atoms with Gasteiger partial charge < -0.3 is 10.1 Å². The SMILES string of the molecule is CCOC(=O)C1CCCC2(CNc3ncccc32)C1. The lowest BCUT2D eigenvalue weighted by Gasteiger charge is -2.36. The highest BCUT2D eigenvalue weighted by Crippen LogP contribution is 2.47. The number of carbonyl (C=O) groups excluding carboxylic acids is 1. The van der Waals surface area contributed by atoms with Gasteiger partial charge in [0, 0.05) is 23.7 Å². The van der Waals surface area contributed by atoms with Gasteiger partial charge in [-0.15, -0.1) is 0 Å². The average Bonchev–Trinajstić information content (AvgIpc) is 2.79. The second kappa shape index (κ2) is 4.83. The first kappa shape index (κ1) is 12.5. The van der Waals surface area contributed by atoms with Crippen molar-refractivity contribution < 1.29 is 9.53 Å². The molecule has 2 heterocycles. The summed E-state index contributed by atoms with van der Waals surface area (Å²) < 4.78 is 5.20. The van der Waals surface area contributed by atoms with Crippen LogP contribution in [0, 0.1) is 5.92 Å². The van der Waals surface area contributed by atoms with E-state index in [1.165, 1.54) is 5.56 Å². The Morgan fingerprint density at radius 2 is 2.53 bits per heavy atom. The van der Waals surface area contributed by atoms with E-state index in [4.69, 9.17) is 4.74 Å². The largest absolute Gasteiger partial charge is 0.466 e. The number of pyridine rings is 1. The fourth-order valence-corrected chi connectivity index (χ4v) is 3.55. The molecule has 0 amide bonds. The Morgan fingerprint density at radius 1 is 1.63 bits per heavy atom. The van der Waals surface area contributed by atoms with Crippen LogP contribution in [-0.4, -0.2) is 24.1 Å². The van der Waals surface area contributed by atoms with Gasteiger partial charge in [0.25, 0.3) is 0 Å². The van der Waals surface area contributed by atoms with E-state index < -0.39 is 0 Å². The molecular weight excluding hydrogens is 240 g/mol. The lowest BCUT2D eigenvalue weighted by Crippen LogP contribution is -2.37. The number of carbonyl (C=O) groups is 1. The number of anilines is 1. The minimum absolute atomic E-state index is 0.0288. The van der Waals surface area contributed by atoms with Crippen molar-refractivity contribution in [2.45, 2.75) is 38.0 Å². The van der Waals surface area contributed by atoms with E-state index in [2.05, 4.69) is 16.4 Å². The van der Waals surface area contributed by atoms with E-state index in [1.54, 1.807) is 0 Å². The zero-order chi connectivity index (χ0) is 13.3.